The topological polar surface area (TPSA) is 79.0 Å². The van der Waals surface area contributed by atoms with E-state index in [1.807, 2.05) is 24.3 Å². The summed E-state index contributed by atoms with van der Waals surface area (Å²) in [6.45, 7) is 3.82. The second-order valence-corrected chi connectivity index (χ2v) is 8.86. The molecule has 2 rings (SSSR count). The Hall–Kier alpha value is -1.64. The van der Waals surface area contributed by atoms with Crippen molar-refractivity contribution in [2.45, 2.75) is 39.0 Å². The molecular formula is C18H29N3O4S. The first-order valence-electron chi connectivity index (χ1n) is 8.92. The zero-order valence-electron chi connectivity index (χ0n) is 15.8. The molecule has 146 valence electrons. The van der Waals surface area contributed by atoms with Crippen molar-refractivity contribution in [3.8, 4) is 0 Å². The number of benzene rings is 1. The molecule has 2 amide bonds. The average Bonchev–Trinajstić information content (AvgIpc) is 2.67. The standard InChI is InChI=1S/C18H29N3O4S/c1-4-26(23,24)20(2)17-9-11-21(12-10-17)18(22)19-13-15-5-7-16(8-6-15)14-25-3/h5-8,17H,4,9-14H2,1-3H3,(H,19,22). The molecule has 1 aliphatic heterocycles. The number of nitrogens with one attached hydrogen (secondary N) is 1. The lowest BCUT2D eigenvalue weighted by Gasteiger charge is -2.36. The quantitative estimate of drug-likeness (QED) is 0.779. The Morgan fingerprint density at radius 2 is 1.81 bits per heavy atom. The highest BCUT2D eigenvalue weighted by atomic mass is 32.2. The molecule has 1 fully saturated rings. The number of methoxy groups -OCH3 is 1. The Morgan fingerprint density at radius 1 is 1.23 bits per heavy atom. The molecule has 0 atom stereocenters. The molecule has 0 aromatic heterocycles. The lowest BCUT2D eigenvalue weighted by atomic mass is 10.1. The second-order valence-electron chi connectivity index (χ2n) is 6.54. The minimum Gasteiger partial charge on any atom is -0.380 e. The van der Waals surface area contributed by atoms with Crippen molar-refractivity contribution in [3.05, 3.63) is 35.4 Å². The van der Waals surface area contributed by atoms with E-state index >= 15 is 0 Å². The van der Waals surface area contributed by atoms with Crippen molar-refractivity contribution in [1.29, 1.82) is 0 Å². The molecule has 0 spiro atoms. The Labute approximate surface area is 156 Å². The van der Waals surface area contributed by atoms with E-state index in [0.29, 0.717) is 39.1 Å². The minimum atomic E-state index is -3.18. The summed E-state index contributed by atoms with van der Waals surface area (Å²) in [6, 6.07) is 7.79. The first-order valence-corrected chi connectivity index (χ1v) is 10.5. The molecular weight excluding hydrogens is 354 g/mol. The van der Waals surface area contributed by atoms with Crippen molar-refractivity contribution in [3.63, 3.8) is 0 Å². The van der Waals surface area contributed by atoms with Crippen LogP contribution in [0.15, 0.2) is 24.3 Å². The van der Waals surface area contributed by atoms with Crippen molar-refractivity contribution in [1.82, 2.24) is 14.5 Å². The van der Waals surface area contributed by atoms with Crippen LogP contribution in [0.25, 0.3) is 0 Å². The van der Waals surface area contributed by atoms with Crippen LogP contribution in [0.5, 0.6) is 0 Å². The number of urea groups is 1. The van der Waals surface area contributed by atoms with Crippen LogP contribution in [0.1, 0.15) is 30.9 Å². The van der Waals surface area contributed by atoms with Crippen molar-refractivity contribution < 1.29 is 17.9 Å². The molecule has 0 aliphatic carbocycles. The van der Waals surface area contributed by atoms with Gasteiger partial charge in [-0.1, -0.05) is 24.3 Å². The van der Waals surface area contributed by atoms with Crippen molar-refractivity contribution in [2.24, 2.45) is 0 Å². The summed E-state index contributed by atoms with van der Waals surface area (Å²) in [5, 5.41) is 2.93. The Balaban J connectivity index is 1.79. The van der Waals surface area contributed by atoms with Crippen LogP contribution >= 0.6 is 0 Å². The summed E-state index contributed by atoms with van der Waals surface area (Å²) < 4.78 is 30.5. The Morgan fingerprint density at radius 3 is 2.35 bits per heavy atom. The molecule has 1 N–H and O–H groups in total. The third kappa shape index (κ3) is 5.43. The maximum Gasteiger partial charge on any atom is 0.317 e. The summed E-state index contributed by atoms with van der Waals surface area (Å²) in [5.41, 5.74) is 2.12. The predicted octanol–water partition coefficient (Wildman–Crippen LogP) is 1.79. The summed E-state index contributed by atoms with van der Waals surface area (Å²) in [5.74, 6) is 0.105. The van der Waals surface area contributed by atoms with Gasteiger partial charge in [-0.3, -0.25) is 0 Å². The van der Waals surface area contributed by atoms with E-state index in [0.717, 1.165) is 11.1 Å². The smallest absolute Gasteiger partial charge is 0.317 e. The van der Waals surface area contributed by atoms with Gasteiger partial charge in [-0.15, -0.1) is 0 Å². The Bertz CT molecular complexity index is 683. The fraction of sp³-hybridized carbons (Fsp3) is 0.611. The number of likely N-dealkylation sites (tertiary alicyclic amines) is 1. The maximum atomic E-state index is 12.3. The van der Waals surface area contributed by atoms with Gasteiger partial charge < -0.3 is 15.0 Å². The number of sulfonamides is 1. The van der Waals surface area contributed by atoms with Crippen LogP contribution in [-0.4, -0.2) is 62.7 Å². The zero-order chi connectivity index (χ0) is 19.2. The minimum absolute atomic E-state index is 0.0303. The van der Waals surface area contributed by atoms with Crippen LogP contribution in [-0.2, 0) is 27.9 Å². The van der Waals surface area contributed by atoms with Gasteiger partial charge in [0, 0.05) is 39.8 Å². The van der Waals surface area contributed by atoms with Crippen LogP contribution in [0.2, 0.25) is 0 Å². The van der Waals surface area contributed by atoms with E-state index in [-0.39, 0.29) is 17.8 Å². The molecule has 0 saturated carbocycles. The molecule has 0 unspecified atom stereocenters. The van der Waals surface area contributed by atoms with E-state index in [9.17, 15) is 13.2 Å². The first kappa shape index (κ1) is 20.7. The molecule has 1 heterocycles. The Kier molecular flexibility index (Phi) is 7.43. The highest BCUT2D eigenvalue weighted by Gasteiger charge is 2.30. The van der Waals surface area contributed by atoms with E-state index in [1.165, 1.54) is 4.31 Å². The molecule has 7 nitrogen and oxygen atoms in total. The third-order valence-electron chi connectivity index (χ3n) is 4.85. The molecule has 1 saturated heterocycles. The predicted molar refractivity (Wildman–Crippen MR) is 101 cm³/mol. The first-order chi connectivity index (χ1) is 12.4. The van der Waals surface area contributed by atoms with Crippen LogP contribution in [0.3, 0.4) is 0 Å². The third-order valence-corrected chi connectivity index (χ3v) is 6.75. The van der Waals surface area contributed by atoms with Crippen LogP contribution in [0, 0.1) is 0 Å². The largest absolute Gasteiger partial charge is 0.380 e. The fourth-order valence-electron chi connectivity index (χ4n) is 3.07. The van der Waals surface area contributed by atoms with Gasteiger partial charge in [0.05, 0.1) is 12.4 Å². The SMILES string of the molecule is CCS(=O)(=O)N(C)C1CCN(C(=O)NCc2ccc(COC)cc2)CC1. The van der Waals surface area contributed by atoms with Gasteiger partial charge >= 0.3 is 6.03 Å². The average molecular weight is 384 g/mol. The molecule has 1 aromatic carbocycles. The molecule has 1 aliphatic rings. The summed E-state index contributed by atoms with van der Waals surface area (Å²) >= 11 is 0. The van der Waals surface area contributed by atoms with Gasteiger partial charge in [0.1, 0.15) is 0 Å². The molecule has 26 heavy (non-hydrogen) atoms. The van der Waals surface area contributed by atoms with Gasteiger partial charge in [-0.25, -0.2) is 17.5 Å². The van der Waals surface area contributed by atoms with Crippen molar-refractivity contribution in [2.75, 3.05) is 33.0 Å². The number of hydrogen-bond donors (Lipinski definition) is 1. The van der Waals surface area contributed by atoms with Gasteiger partial charge in [0.15, 0.2) is 0 Å². The van der Waals surface area contributed by atoms with E-state index < -0.39 is 10.0 Å². The number of carbonyl (C=O) groups is 1. The molecule has 8 heteroatoms. The number of amides is 2. The van der Waals surface area contributed by atoms with Gasteiger partial charge in [0.25, 0.3) is 0 Å². The molecule has 0 bridgehead atoms. The fourth-order valence-corrected chi connectivity index (χ4v) is 4.15. The maximum absolute atomic E-state index is 12.3. The van der Waals surface area contributed by atoms with E-state index in [2.05, 4.69) is 5.32 Å². The number of hydrogen-bond acceptors (Lipinski definition) is 4. The number of carbonyl (C=O) groups excluding carboxylic acids is 1. The second kappa shape index (κ2) is 9.34. The normalized spacial score (nSPS) is 16.1. The van der Waals surface area contributed by atoms with Gasteiger partial charge in [0.2, 0.25) is 10.0 Å². The lowest BCUT2D eigenvalue weighted by Crippen LogP contribution is -2.49. The monoisotopic (exact) mass is 383 g/mol. The van der Waals surface area contributed by atoms with Gasteiger partial charge in [-0.05, 0) is 30.9 Å². The van der Waals surface area contributed by atoms with E-state index in [1.54, 1.807) is 26.0 Å². The highest BCUT2D eigenvalue weighted by molar-refractivity contribution is 7.89. The van der Waals surface area contributed by atoms with Crippen LogP contribution < -0.4 is 5.32 Å². The highest BCUT2D eigenvalue weighted by Crippen LogP contribution is 2.18. The number of nitrogens with zero attached hydrogens (tertiary/aromatic N) is 2. The summed E-state index contributed by atoms with van der Waals surface area (Å²) in [7, 11) is 0.107. The molecule has 0 radical (unpaired) electrons. The lowest BCUT2D eigenvalue weighted by molar-refractivity contribution is 0.163. The van der Waals surface area contributed by atoms with Crippen LogP contribution in [0.4, 0.5) is 4.79 Å². The summed E-state index contributed by atoms with van der Waals surface area (Å²) in [4.78, 5) is 14.1. The summed E-state index contributed by atoms with van der Waals surface area (Å²) in [6.07, 6.45) is 1.32. The number of rotatable bonds is 7. The van der Waals surface area contributed by atoms with Gasteiger partial charge in [-0.2, -0.15) is 0 Å². The number of ether oxygens (including phenoxy) is 1. The van der Waals surface area contributed by atoms with E-state index in [4.69, 9.17) is 4.74 Å². The van der Waals surface area contributed by atoms with Crippen molar-refractivity contribution >= 4 is 16.1 Å². The number of piperidine rings is 1. The zero-order valence-corrected chi connectivity index (χ0v) is 16.6. The molecule has 1 aromatic rings.